The smallest absolute Gasteiger partial charge is 0.335 e. The van der Waals surface area contributed by atoms with Crippen molar-refractivity contribution < 1.29 is 63.4 Å². The molecule has 240 valence electrons. The van der Waals surface area contributed by atoms with E-state index in [4.69, 9.17) is 14.2 Å². The average Bonchev–Trinajstić information content (AvgIpc) is 3.29. The van der Waals surface area contributed by atoms with E-state index in [2.05, 4.69) is 10.6 Å². The number of esters is 1. The molecule has 4 amide bonds. The van der Waals surface area contributed by atoms with Crippen molar-refractivity contribution in [1.29, 1.82) is 0 Å². The molecular formula is C28H35N3O13. The first kappa shape index (κ1) is 34.1. The van der Waals surface area contributed by atoms with Gasteiger partial charge < -0.3 is 45.3 Å². The van der Waals surface area contributed by atoms with Gasteiger partial charge in [0, 0.05) is 45.0 Å². The van der Waals surface area contributed by atoms with Crippen LogP contribution in [0.25, 0.3) is 0 Å². The van der Waals surface area contributed by atoms with Crippen molar-refractivity contribution in [2.24, 2.45) is 0 Å². The lowest BCUT2D eigenvalue weighted by molar-refractivity contribution is -0.271. The zero-order chi connectivity index (χ0) is 32.4. The Morgan fingerprint density at radius 2 is 1.64 bits per heavy atom. The monoisotopic (exact) mass is 621 g/mol. The number of aliphatic hydroxyl groups is 3. The second-order valence-corrected chi connectivity index (χ2v) is 10.1. The van der Waals surface area contributed by atoms with E-state index in [0.29, 0.717) is 24.8 Å². The molecule has 2 heterocycles. The Kier molecular flexibility index (Phi) is 12.3. The van der Waals surface area contributed by atoms with Gasteiger partial charge in [-0.2, -0.15) is 0 Å². The van der Waals surface area contributed by atoms with Crippen LogP contribution in [0.15, 0.2) is 30.4 Å². The Bertz CT molecular complexity index is 1270. The molecule has 0 bridgehead atoms. The van der Waals surface area contributed by atoms with Crippen molar-refractivity contribution in [2.45, 2.75) is 76.3 Å². The van der Waals surface area contributed by atoms with Crippen molar-refractivity contribution in [3.8, 4) is 5.75 Å². The number of hydrogen-bond acceptors (Lipinski definition) is 12. The number of benzene rings is 1. The maximum Gasteiger partial charge on any atom is 0.335 e. The van der Waals surface area contributed by atoms with E-state index in [9.17, 15) is 49.2 Å². The minimum Gasteiger partial charge on any atom is -0.479 e. The summed E-state index contributed by atoms with van der Waals surface area (Å²) in [6.07, 6.45) is -5.19. The second-order valence-electron chi connectivity index (χ2n) is 10.1. The molecule has 0 radical (unpaired) electrons. The Labute approximate surface area is 251 Å². The fraction of sp³-hybridized carbons (Fsp3) is 0.500. The molecule has 0 spiro atoms. The number of amides is 4. The maximum absolute atomic E-state index is 12.7. The zero-order valence-corrected chi connectivity index (χ0v) is 23.8. The van der Waals surface area contributed by atoms with Crippen LogP contribution in [0.5, 0.6) is 5.75 Å². The van der Waals surface area contributed by atoms with Crippen LogP contribution in [0, 0.1) is 0 Å². The molecule has 5 atom stereocenters. The van der Waals surface area contributed by atoms with E-state index in [1.807, 2.05) is 0 Å². The summed E-state index contributed by atoms with van der Waals surface area (Å²) in [5, 5.41) is 44.8. The third-order valence-electron chi connectivity index (χ3n) is 6.68. The molecule has 16 heteroatoms. The van der Waals surface area contributed by atoms with E-state index in [0.717, 1.165) is 4.90 Å². The molecule has 0 aromatic heterocycles. The minimum atomic E-state index is -1.92. The Morgan fingerprint density at radius 1 is 0.932 bits per heavy atom. The molecule has 1 saturated heterocycles. The number of nitrogens with one attached hydrogen (secondary N) is 2. The van der Waals surface area contributed by atoms with Crippen LogP contribution < -0.4 is 15.4 Å². The first-order chi connectivity index (χ1) is 20.9. The standard InChI is InChI=1S/C28H35N3O13/c1-15(32)42-14-16-6-7-18(43-28-25(39)23(37)24(38)26(44-28)27(40)41)17(13-16)30-20(34)10-11-29-19(33)5-3-2-4-12-31-21(35)8-9-22(31)36/h6-9,13,23-26,28,37-39H,2-5,10-12,14H2,1H3,(H,29,33)(H,30,34)(H,40,41)/t23-,24+,25-,26-,28+/m0/s1. The fourth-order valence-corrected chi connectivity index (χ4v) is 4.33. The normalized spacial score (nSPS) is 22.9. The number of hydrogen-bond donors (Lipinski definition) is 6. The zero-order valence-electron chi connectivity index (χ0n) is 23.8. The molecule has 0 saturated carbocycles. The quantitative estimate of drug-likeness (QED) is 0.0780. The highest BCUT2D eigenvalue weighted by atomic mass is 16.7. The maximum atomic E-state index is 12.7. The van der Waals surface area contributed by atoms with Gasteiger partial charge in [0.2, 0.25) is 18.1 Å². The number of unbranched alkanes of at least 4 members (excludes halogenated alkanes) is 2. The van der Waals surface area contributed by atoms with Gasteiger partial charge in [-0.3, -0.25) is 28.9 Å². The molecule has 0 unspecified atom stereocenters. The molecule has 0 aliphatic carbocycles. The van der Waals surface area contributed by atoms with Gasteiger partial charge >= 0.3 is 11.9 Å². The Hall–Kier alpha value is -4.38. The third kappa shape index (κ3) is 9.57. The molecule has 3 rings (SSSR count). The highest BCUT2D eigenvalue weighted by Gasteiger charge is 2.48. The topological polar surface area (TPSA) is 238 Å². The predicted octanol–water partition coefficient (Wildman–Crippen LogP) is -1.05. The van der Waals surface area contributed by atoms with Crippen LogP contribution in [0.4, 0.5) is 5.69 Å². The van der Waals surface area contributed by atoms with Gasteiger partial charge in [0.05, 0.1) is 5.69 Å². The van der Waals surface area contributed by atoms with Gasteiger partial charge in [-0.05, 0) is 30.5 Å². The Morgan fingerprint density at radius 3 is 2.30 bits per heavy atom. The predicted molar refractivity (Wildman–Crippen MR) is 147 cm³/mol. The number of rotatable bonds is 15. The SMILES string of the molecule is CC(=O)OCc1ccc(O[C@@H]2O[C@H](C(=O)O)[C@H](O)[C@H](O)[C@@H]2O)c(NC(=O)CCNC(=O)CCCCCN2C(=O)C=CC2=O)c1. The van der Waals surface area contributed by atoms with E-state index in [-0.39, 0.29) is 61.7 Å². The number of ether oxygens (including phenoxy) is 3. The van der Waals surface area contributed by atoms with Crippen LogP contribution in [-0.2, 0) is 44.8 Å². The summed E-state index contributed by atoms with van der Waals surface area (Å²) in [6.45, 7) is 1.33. The lowest BCUT2D eigenvalue weighted by Crippen LogP contribution is -2.61. The number of aliphatic hydroxyl groups excluding tert-OH is 3. The largest absolute Gasteiger partial charge is 0.479 e. The number of carbonyl (C=O) groups excluding carboxylic acids is 5. The summed E-state index contributed by atoms with van der Waals surface area (Å²) in [7, 11) is 0. The summed E-state index contributed by atoms with van der Waals surface area (Å²) in [4.78, 5) is 71.7. The van der Waals surface area contributed by atoms with Gasteiger partial charge in [0.15, 0.2) is 6.10 Å². The summed E-state index contributed by atoms with van der Waals surface area (Å²) < 4.78 is 15.7. The Balaban J connectivity index is 1.52. The molecule has 16 nitrogen and oxygen atoms in total. The number of imide groups is 1. The molecule has 1 aromatic rings. The first-order valence-corrected chi connectivity index (χ1v) is 13.8. The van der Waals surface area contributed by atoms with E-state index >= 15 is 0 Å². The summed E-state index contributed by atoms with van der Waals surface area (Å²) in [6, 6.07) is 4.22. The number of anilines is 1. The molecule has 2 aliphatic heterocycles. The van der Waals surface area contributed by atoms with Crippen molar-refractivity contribution >= 4 is 41.3 Å². The summed E-state index contributed by atoms with van der Waals surface area (Å²) in [5.41, 5.74) is 0.467. The first-order valence-electron chi connectivity index (χ1n) is 13.8. The van der Waals surface area contributed by atoms with Gasteiger partial charge in [-0.1, -0.05) is 12.5 Å². The van der Waals surface area contributed by atoms with Gasteiger partial charge in [0.1, 0.15) is 30.7 Å². The second kappa shape index (κ2) is 15.9. The van der Waals surface area contributed by atoms with Gasteiger partial charge in [0.25, 0.3) is 11.8 Å². The number of nitrogens with zero attached hydrogens (tertiary/aromatic N) is 1. The fourth-order valence-electron chi connectivity index (χ4n) is 4.33. The van der Waals surface area contributed by atoms with Crippen LogP contribution in [-0.4, -0.2) is 105 Å². The number of carboxylic acid groups (broad SMARTS) is 1. The number of carboxylic acids is 1. The van der Waals surface area contributed by atoms with Crippen LogP contribution in [0.1, 0.15) is 44.6 Å². The highest BCUT2D eigenvalue weighted by molar-refractivity contribution is 6.12. The van der Waals surface area contributed by atoms with Gasteiger partial charge in [-0.25, -0.2) is 4.79 Å². The molecule has 1 aromatic carbocycles. The van der Waals surface area contributed by atoms with Crippen LogP contribution in [0.2, 0.25) is 0 Å². The lowest BCUT2D eigenvalue weighted by Gasteiger charge is -2.38. The highest BCUT2D eigenvalue weighted by Crippen LogP contribution is 2.31. The lowest BCUT2D eigenvalue weighted by atomic mass is 9.99. The molecule has 2 aliphatic rings. The van der Waals surface area contributed by atoms with E-state index in [1.165, 1.54) is 37.3 Å². The summed E-state index contributed by atoms with van der Waals surface area (Å²) >= 11 is 0. The average molecular weight is 622 g/mol. The van der Waals surface area contributed by atoms with Crippen molar-refractivity contribution in [3.05, 3.63) is 35.9 Å². The van der Waals surface area contributed by atoms with Gasteiger partial charge in [-0.15, -0.1) is 0 Å². The number of aliphatic carboxylic acids is 1. The van der Waals surface area contributed by atoms with Crippen molar-refractivity contribution in [3.63, 3.8) is 0 Å². The number of carbonyl (C=O) groups is 6. The van der Waals surface area contributed by atoms with E-state index in [1.54, 1.807) is 0 Å². The van der Waals surface area contributed by atoms with Crippen LogP contribution >= 0.6 is 0 Å². The minimum absolute atomic E-state index is 0.00866. The van der Waals surface area contributed by atoms with E-state index < -0.39 is 48.6 Å². The molecule has 6 N–H and O–H groups in total. The molecular weight excluding hydrogens is 586 g/mol. The van der Waals surface area contributed by atoms with Crippen LogP contribution in [0.3, 0.4) is 0 Å². The van der Waals surface area contributed by atoms with Crippen molar-refractivity contribution in [2.75, 3.05) is 18.4 Å². The van der Waals surface area contributed by atoms with Crippen molar-refractivity contribution in [1.82, 2.24) is 10.2 Å². The molecule has 1 fully saturated rings. The third-order valence-corrected chi connectivity index (χ3v) is 6.68. The molecule has 44 heavy (non-hydrogen) atoms. The summed E-state index contributed by atoms with van der Waals surface area (Å²) in [5.74, 6) is -3.81.